The van der Waals surface area contributed by atoms with Crippen LogP contribution in [0.25, 0.3) is 21.9 Å². The number of anilines is 3. The monoisotopic (exact) mass is 383 g/mol. The minimum Gasteiger partial charge on any atom is -0.324 e. The van der Waals surface area contributed by atoms with Gasteiger partial charge in [0.25, 0.3) is 5.91 Å². The topological polar surface area (TPSA) is 101 Å². The molecule has 3 N–H and O–H groups in total. The minimum absolute atomic E-state index is 0.191. The first-order chi connectivity index (χ1) is 14.2. The summed E-state index contributed by atoms with van der Waals surface area (Å²) in [6, 6.07) is 16.7. The summed E-state index contributed by atoms with van der Waals surface area (Å²) in [4.78, 5) is 24.6. The molecule has 1 amide bonds. The number of rotatable bonds is 4. The number of hydrogen-bond acceptors (Lipinski definition) is 5. The summed E-state index contributed by atoms with van der Waals surface area (Å²) < 4.78 is 1.80. The Morgan fingerprint density at radius 2 is 2.03 bits per heavy atom. The number of pyridine rings is 1. The van der Waals surface area contributed by atoms with Gasteiger partial charge in [0, 0.05) is 29.9 Å². The van der Waals surface area contributed by atoms with Crippen LogP contribution in [0.15, 0.2) is 67.0 Å². The van der Waals surface area contributed by atoms with Gasteiger partial charge < -0.3 is 15.6 Å². The van der Waals surface area contributed by atoms with Crippen molar-refractivity contribution in [3.8, 4) is 0 Å². The van der Waals surface area contributed by atoms with Crippen LogP contribution in [0.2, 0.25) is 0 Å². The number of carbonyl (C=O) groups is 1. The van der Waals surface area contributed by atoms with E-state index >= 15 is 0 Å². The molecule has 0 unspecified atom stereocenters. The van der Waals surface area contributed by atoms with Crippen LogP contribution in [0.1, 0.15) is 10.4 Å². The lowest BCUT2D eigenvalue weighted by molar-refractivity contribution is 0.102. The Morgan fingerprint density at radius 1 is 1.10 bits per heavy atom. The van der Waals surface area contributed by atoms with Crippen molar-refractivity contribution in [1.82, 2.24) is 24.7 Å². The second-order valence-corrected chi connectivity index (χ2v) is 6.65. The molecular formula is C21H17N7O. The summed E-state index contributed by atoms with van der Waals surface area (Å²) in [6.07, 6.45) is 3.48. The molecule has 0 spiro atoms. The van der Waals surface area contributed by atoms with Crippen LogP contribution in [0.4, 0.5) is 17.5 Å². The summed E-state index contributed by atoms with van der Waals surface area (Å²) in [5.41, 5.74) is 3.79. The Kier molecular flexibility index (Phi) is 3.94. The van der Waals surface area contributed by atoms with Gasteiger partial charge in [-0.25, -0.2) is 9.97 Å². The molecule has 0 saturated heterocycles. The van der Waals surface area contributed by atoms with E-state index in [0.29, 0.717) is 17.3 Å². The number of benzene rings is 2. The quantitative estimate of drug-likeness (QED) is 0.438. The molecule has 8 nitrogen and oxygen atoms in total. The van der Waals surface area contributed by atoms with Crippen LogP contribution < -0.4 is 10.6 Å². The van der Waals surface area contributed by atoms with Crippen molar-refractivity contribution < 1.29 is 4.79 Å². The van der Waals surface area contributed by atoms with Gasteiger partial charge in [-0.3, -0.25) is 9.48 Å². The summed E-state index contributed by atoms with van der Waals surface area (Å²) in [6.45, 7) is 0. The fourth-order valence-electron chi connectivity index (χ4n) is 3.21. The number of carbonyl (C=O) groups excluding carboxylic acids is 1. The van der Waals surface area contributed by atoms with Gasteiger partial charge in [0.1, 0.15) is 5.82 Å². The van der Waals surface area contributed by atoms with E-state index in [0.717, 1.165) is 27.6 Å². The molecule has 8 heteroatoms. The lowest BCUT2D eigenvalue weighted by Gasteiger charge is -2.06. The van der Waals surface area contributed by atoms with Crippen molar-refractivity contribution in [2.45, 2.75) is 0 Å². The number of aromatic nitrogens is 5. The molecule has 29 heavy (non-hydrogen) atoms. The number of amides is 1. The number of imidazole rings is 1. The number of fused-ring (bicyclic) bond motifs is 2. The van der Waals surface area contributed by atoms with E-state index in [-0.39, 0.29) is 5.91 Å². The minimum atomic E-state index is -0.191. The number of H-pyrrole nitrogens is 1. The first-order valence-electron chi connectivity index (χ1n) is 9.07. The second-order valence-electron chi connectivity index (χ2n) is 6.65. The molecule has 5 aromatic rings. The molecule has 0 saturated carbocycles. The Balaban J connectivity index is 1.38. The van der Waals surface area contributed by atoms with Gasteiger partial charge in [0.2, 0.25) is 5.95 Å². The number of aromatic amines is 1. The van der Waals surface area contributed by atoms with Crippen LogP contribution in [0.3, 0.4) is 0 Å². The Bertz CT molecular complexity index is 1340. The van der Waals surface area contributed by atoms with Crippen molar-refractivity contribution in [2.24, 2.45) is 7.05 Å². The second kappa shape index (κ2) is 6.75. The number of nitrogens with zero attached hydrogens (tertiary/aromatic N) is 4. The molecule has 0 aliphatic rings. The fraction of sp³-hybridized carbons (Fsp3) is 0.0476. The number of nitrogens with one attached hydrogen (secondary N) is 3. The average molecular weight is 383 g/mol. The van der Waals surface area contributed by atoms with Crippen molar-refractivity contribution in [3.05, 3.63) is 72.6 Å². The van der Waals surface area contributed by atoms with E-state index in [1.807, 2.05) is 49.5 Å². The fourth-order valence-corrected chi connectivity index (χ4v) is 3.21. The third-order valence-corrected chi connectivity index (χ3v) is 4.66. The third kappa shape index (κ3) is 3.27. The zero-order chi connectivity index (χ0) is 19.8. The molecule has 3 heterocycles. The van der Waals surface area contributed by atoms with E-state index in [2.05, 4.69) is 30.7 Å². The molecule has 0 atom stereocenters. The highest BCUT2D eigenvalue weighted by Gasteiger charge is 2.11. The Morgan fingerprint density at radius 3 is 2.90 bits per heavy atom. The van der Waals surface area contributed by atoms with Gasteiger partial charge in [-0.05, 0) is 48.5 Å². The number of aryl methyl sites for hydroxylation is 1. The van der Waals surface area contributed by atoms with E-state index in [4.69, 9.17) is 0 Å². The molecule has 142 valence electrons. The van der Waals surface area contributed by atoms with E-state index in [9.17, 15) is 4.79 Å². The molecule has 0 aliphatic carbocycles. The molecular weight excluding hydrogens is 366 g/mol. The van der Waals surface area contributed by atoms with E-state index in [1.54, 1.807) is 29.2 Å². The van der Waals surface area contributed by atoms with Crippen molar-refractivity contribution in [1.29, 1.82) is 0 Å². The third-order valence-electron chi connectivity index (χ3n) is 4.66. The zero-order valence-corrected chi connectivity index (χ0v) is 15.5. The molecule has 2 aromatic carbocycles. The summed E-state index contributed by atoms with van der Waals surface area (Å²) in [5, 5.41) is 11.2. The van der Waals surface area contributed by atoms with Crippen LogP contribution in [0, 0.1) is 0 Å². The maximum atomic E-state index is 12.7. The number of hydrogen-bond donors (Lipinski definition) is 3. The predicted octanol–water partition coefficient (Wildman–Crippen LogP) is 3.84. The van der Waals surface area contributed by atoms with Crippen molar-refractivity contribution in [3.63, 3.8) is 0 Å². The van der Waals surface area contributed by atoms with Gasteiger partial charge in [0.05, 0.1) is 22.7 Å². The van der Waals surface area contributed by atoms with Crippen LogP contribution in [0.5, 0.6) is 0 Å². The maximum Gasteiger partial charge on any atom is 0.255 e. The van der Waals surface area contributed by atoms with Crippen LogP contribution >= 0.6 is 0 Å². The van der Waals surface area contributed by atoms with Crippen LogP contribution in [-0.2, 0) is 7.05 Å². The predicted molar refractivity (Wildman–Crippen MR) is 112 cm³/mol. The lowest BCUT2D eigenvalue weighted by atomic mass is 10.1. The molecule has 3 aromatic heterocycles. The van der Waals surface area contributed by atoms with Crippen molar-refractivity contribution >= 4 is 45.3 Å². The largest absolute Gasteiger partial charge is 0.324 e. The molecule has 0 radical (unpaired) electrons. The maximum absolute atomic E-state index is 12.7. The van der Waals surface area contributed by atoms with Crippen LogP contribution in [-0.4, -0.2) is 30.6 Å². The summed E-state index contributed by atoms with van der Waals surface area (Å²) in [7, 11) is 1.89. The summed E-state index contributed by atoms with van der Waals surface area (Å²) in [5.74, 6) is 1.07. The van der Waals surface area contributed by atoms with E-state index < -0.39 is 0 Å². The van der Waals surface area contributed by atoms with Gasteiger partial charge in [0.15, 0.2) is 0 Å². The Labute approximate surface area is 165 Å². The lowest BCUT2D eigenvalue weighted by Crippen LogP contribution is -2.11. The normalized spacial score (nSPS) is 11.1. The smallest absolute Gasteiger partial charge is 0.255 e. The van der Waals surface area contributed by atoms with Crippen molar-refractivity contribution in [2.75, 3.05) is 10.6 Å². The van der Waals surface area contributed by atoms with Gasteiger partial charge in [-0.1, -0.05) is 6.07 Å². The first-order valence-corrected chi connectivity index (χ1v) is 9.07. The zero-order valence-electron chi connectivity index (χ0n) is 15.5. The molecule has 0 bridgehead atoms. The first kappa shape index (κ1) is 16.9. The molecule has 0 aliphatic heterocycles. The van der Waals surface area contributed by atoms with Gasteiger partial charge >= 0.3 is 0 Å². The average Bonchev–Trinajstić information content (AvgIpc) is 3.30. The molecule has 0 fully saturated rings. The standard InChI is InChI=1S/C21H17N7O/c1-28-18-8-6-15(10-14(18)12-23-28)24-20(29)13-5-7-16-17(11-13)26-21(25-16)27-19-4-2-3-9-22-19/h2-12H,1H3,(H,24,29)(H2,22,25,26,27). The van der Waals surface area contributed by atoms with Gasteiger partial charge in [-0.15, -0.1) is 0 Å². The highest BCUT2D eigenvalue weighted by atomic mass is 16.1. The highest BCUT2D eigenvalue weighted by molar-refractivity contribution is 6.06. The van der Waals surface area contributed by atoms with Gasteiger partial charge in [-0.2, -0.15) is 5.10 Å². The highest BCUT2D eigenvalue weighted by Crippen LogP contribution is 2.21. The molecule has 5 rings (SSSR count). The SMILES string of the molecule is Cn1ncc2cc(NC(=O)c3ccc4nc(Nc5ccccn5)[nH]c4c3)ccc21. The van der Waals surface area contributed by atoms with E-state index in [1.165, 1.54) is 0 Å². The summed E-state index contributed by atoms with van der Waals surface area (Å²) >= 11 is 0. The Hall–Kier alpha value is -4.20.